The minimum atomic E-state index is -1.34. The van der Waals surface area contributed by atoms with Crippen molar-refractivity contribution in [1.82, 2.24) is 9.29 Å². The fraction of sp³-hybridized carbons (Fsp3) is 0.333. The Morgan fingerprint density at radius 1 is 1.13 bits per heavy atom. The van der Waals surface area contributed by atoms with Crippen LogP contribution in [0.2, 0.25) is 0 Å². The average Bonchev–Trinajstić information content (AvgIpc) is 3.49. The van der Waals surface area contributed by atoms with Crippen LogP contribution in [0.5, 0.6) is 0 Å². The van der Waals surface area contributed by atoms with Crippen molar-refractivity contribution >= 4 is 27.9 Å². The molecule has 0 unspecified atom stereocenters. The zero-order valence-electron chi connectivity index (χ0n) is 22.1. The molecular formula is C30H32N2O5S. The Labute approximate surface area is 225 Å². The number of benzene rings is 2. The third-order valence-corrected chi connectivity index (χ3v) is 8.48. The number of hydrogen-bond acceptors (Lipinski definition) is 6. The van der Waals surface area contributed by atoms with E-state index in [0.717, 1.165) is 39.0 Å². The first-order valence-electron chi connectivity index (χ1n) is 12.8. The van der Waals surface area contributed by atoms with Gasteiger partial charge >= 0.3 is 5.97 Å². The SMILES string of the molecule is CCOC(=O)c1cc2c(c(-c3cccc(-c4cc5ccccc5o4)c3)n1)[C@@H](CCO)N([S@](=O)C(C)(C)C)C2. The molecule has 0 saturated heterocycles. The Morgan fingerprint density at radius 2 is 1.89 bits per heavy atom. The van der Waals surface area contributed by atoms with E-state index >= 15 is 0 Å². The van der Waals surface area contributed by atoms with E-state index < -0.39 is 21.7 Å². The number of hydrogen-bond donors (Lipinski definition) is 1. The quantitative estimate of drug-likeness (QED) is 0.292. The van der Waals surface area contributed by atoms with Crippen molar-refractivity contribution in [2.45, 2.75) is 51.4 Å². The van der Waals surface area contributed by atoms with Crippen LogP contribution in [-0.2, 0) is 22.3 Å². The van der Waals surface area contributed by atoms with E-state index in [-0.39, 0.29) is 24.9 Å². The highest BCUT2D eigenvalue weighted by molar-refractivity contribution is 7.84. The number of ether oxygens (including phenoxy) is 1. The Morgan fingerprint density at radius 3 is 2.61 bits per heavy atom. The summed E-state index contributed by atoms with van der Waals surface area (Å²) in [6.07, 6.45) is 0.394. The molecule has 1 N–H and O–H groups in total. The number of aliphatic hydroxyl groups excluding tert-OH is 1. The van der Waals surface area contributed by atoms with Crippen LogP contribution in [-0.4, -0.2) is 42.5 Å². The van der Waals surface area contributed by atoms with Crippen molar-refractivity contribution in [1.29, 1.82) is 0 Å². The maximum Gasteiger partial charge on any atom is 0.356 e. The monoisotopic (exact) mass is 532 g/mol. The highest BCUT2D eigenvalue weighted by Gasteiger charge is 2.40. The molecule has 198 valence electrons. The Kier molecular flexibility index (Phi) is 7.22. The second-order valence-electron chi connectivity index (χ2n) is 10.3. The van der Waals surface area contributed by atoms with E-state index in [9.17, 15) is 14.1 Å². The predicted octanol–water partition coefficient (Wildman–Crippen LogP) is 6.04. The lowest BCUT2D eigenvalue weighted by Crippen LogP contribution is -2.36. The summed E-state index contributed by atoms with van der Waals surface area (Å²) in [7, 11) is -1.34. The van der Waals surface area contributed by atoms with Gasteiger partial charge in [0.1, 0.15) is 28.0 Å². The number of aliphatic hydroxyl groups is 1. The fourth-order valence-electron chi connectivity index (χ4n) is 4.94. The fourth-order valence-corrected chi connectivity index (χ4v) is 6.34. The molecule has 8 heteroatoms. The van der Waals surface area contributed by atoms with Crippen molar-refractivity contribution in [3.63, 3.8) is 0 Å². The molecule has 2 aromatic heterocycles. The van der Waals surface area contributed by atoms with Gasteiger partial charge in [0.05, 0.1) is 23.1 Å². The molecule has 1 aliphatic rings. The summed E-state index contributed by atoms with van der Waals surface area (Å²) in [6.45, 7) is 8.11. The van der Waals surface area contributed by atoms with Gasteiger partial charge in [0.15, 0.2) is 0 Å². The van der Waals surface area contributed by atoms with Crippen molar-refractivity contribution in [2.24, 2.45) is 0 Å². The third kappa shape index (κ3) is 4.91. The summed E-state index contributed by atoms with van der Waals surface area (Å²) in [5.74, 6) is 0.229. The molecule has 38 heavy (non-hydrogen) atoms. The van der Waals surface area contributed by atoms with Crippen LogP contribution in [0, 0.1) is 0 Å². The van der Waals surface area contributed by atoms with Crippen LogP contribution < -0.4 is 0 Å². The molecule has 0 bridgehead atoms. The number of furan rings is 1. The highest BCUT2D eigenvalue weighted by Crippen LogP contribution is 2.44. The number of nitrogens with zero attached hydrogens (tertiary/aromatic N) is 2. The molecule has 0 spiro atoms. The maximum absolute atomic E-state index is 13.5. The summed E-state index contributed by atoms with van der Waals surface area (Å²) >= 11 is 0. The van der Waals surface area contributed by atoms with E-state index in [0.29, 0.717) is 18.7 Å². The van der Waals surface area contributed by atoms with Crippen LogP contribution in [0.25, 0.3) is 33.6 Å². The molecule has 0 radical (unpaired) electrons. The second kappa shape index (κ2) is 10.4. The van der Waals surface area contributed by atoms with Crippen molar-refractivity contribution in [2.75, 3.05) is 13.2 Å². The number of aromatic nitrogens is 1. The van der Waals surface area contributed by atoms with Crippen LogP contribution in [0.15, 0.2) is 65.1 Å². The summed E-state index contributed by atoms with van der Waals surface area (Å²) in [5, 5.41) is 11.0. The van der Waals surface area contributed by atoms with E-state index in [4.69, 9.17) is 14.1 Å². The predicted molar refractivity (Wildman–Crippen MR) is 149 cm³/mol. The number of carbonyl (C=O) groups is 1. The van der Waals surface area contributed by atoms with Gasteiger partial charge in [-0.15, -0.1) is 0 Å². The van der Waals surface area contributed by atoms with Gasteiger partial charge in [0, 0.05) is 35.2 Å². The number of para-hydroxylation sites is 1. The molecule has 0 fully saturated rings. The Bertz CT molecular complexity index is 1490. The largest absolute Gasteiger partial charge is 0.461 e. The first-order valence-corrected chi connectivity index (χ1v) is 13.9. The minimum absolute atomic E-state index is 0.0694. The van der Waals surface area contributed by atoms with Gasteiger partial charge in [0.2, 0.25) is 0 Å². The number of rotatable bonds is 7. The van der Waals surface area contributed by atoms with Crippen LogP contribution in [0.3, 0.4) is 0 Å². The van der Waals surface area contributed by atoms with E-state index in [1.807, 2.05) is 79.7 Å². The second-order valence-corrected chi connectivity index (χ2v) is 12.5. The molecule has 2 atom stereocenters. The molecule has 5 rings (SSSR count). The van der Waals surface area contributed by atoms with Gasteiger partial charge in [-0.25, -0.2) is 18.3 Å². The van der Waals surface area contributed by atoms with E-state index in [2.05, 4.69) is 0 Å². The Balaban J connectivity index is 1.67. The molecule has 7 nitrogen and oxygen atoms in total. The summed E-state index contributed by atoms with van der Waals surface area (Å²) in [5.41, 5.74) is 5.06. The number of pyridine rings is 1. The van der Waals surface area contributed by atoms with Gasteiger partial charge in [-0.3, -0.25) is 0 Å². The molecule has 1 aliphatic heterocycles. The van der Waals surface area contributed by atoms with Gasteiger partial charge < -0.3 is 14.3 Å². The summed E-state index contributed by atoms with van der Waals surface area (Å²) in [4.78, 5) is 17.6. The van der Waals surface area contributed by atoms with Crippen molar-refractivity contribution < 1.29 is 23.3 Å². The third-order valence-electron chi connectivity index (χ3n) is 6.62. The minimum Gasteiger partial charge on any atom is -0.461 e. The van der Waals surface area contributed by atoms with Crippen LogP contribution >= 0.6 is 0 Å². The zero-order chi connectivity index (χ0) is 27.0. The normalized spacial score (nSPS) is 16.5. The average molecular weight is 533 g/mol. The van der Waals surface area contributed by atoms with Crippen LogP contribution in [0.4, 0.5) is 0 Å². The van der Waals surface area contributed by atoms with Gasteiger partial charge in [0.25, 0.3) is 0 Å². The molecule has 0 saturated carbocycles. The lowest BCUT2D eigenvalue weighted by atomic mass is 9.95. The highest BCUT2D eigenvalue weighted by atomic mass is 32.2. The lowest BCUT2D eigenvalue weighted by Gasteiger charge is -2.30. The maximum atomic E-state index is 13.5. The van der Waals surface area contributed by atoms with Crippen LogP contribution in [0.1, 0.15) is 61.8 Å². The van der Waals surface area contributed by atoms with E-state index in [1.54, 1.807) is 13.0 Å². The molecule has 3 heterocycles. The van der Waals surface area contributed by atoms with Crippen molar-refractivity contribution in [3.05, 3.63) is 77.5 Å². The first-order chi connectivity index (χ1) is 18.2. The number of esters is 1. The van der Waals surface area contributed by atoms with E-state index in [1.165, 1.54) is 0 Å². The lowest BCUT2D eigenvalue weighted by molar-refractivity contribution is 0.0519. The first kappa shape index (κ1) is 26.3. The molecule has 4 aromatic rings. The van der Waals surface area contributed by atoms with Gasteiger partial charge in [-0.05, 0) is 63.9 Å². The van der Waals surface area contributed by atoms with Gasteiger partial charge in [-0.1, -0.05) is 36.4 Å². The Hall–Kier alpha value is -3.33. The molecule has 0 aliphatic carbocycles. The number of fused-ring (bicyclic) bond motifs is 2. The van der Waals surface area contributed by atoms with Gasteiger partial charge in [-0.2, -0.15) is 0 Å². The molecule has 0 amide bonds. The smallest absolute Gasteiger partial charge is 0.356 e. The summed E-state index contributed by atoms with van der Waals surface area (Å²) < 4.78 is 26.3. The topological polar surface area (TPSA) is 92.9 Å². The molecular weight excluding hydrogens is 500 g/mol. The summed E-state index contributed by atoms with van der Waals surface area (Å²) in [6, 6.07) is 19.1. The van der Waals surface area contributed by atoms with Crippen molar-refractivity contribution in [3.8, 4) is 22.6 Å². The zero-order valence-corrected chi connectivity index (χ0v) is 22.9. The molecule has 2 aromatic carbocycles. The number of carbonyl (C=O) groups excluding carboxylic acids is 1. The standard InChI is InChI=1S/C30H32N2O5S/c1-5-36-29(34)23-16-22-18-32(38(35)30(2,3)4)24(13-14-33)27(22)28(31-23)21-11-8-10-19(15-21)26-17-20-9-6-7-12-25(20)37-26/h6-12,15-17,24,33H,5,13-14,18H2,1-4H3/t24-,38-/m1/s1.